The zero-order valence-electron chi connectivity index (χ0n) is 17.4. The summed E-state index contributed by atoms with van der Waals surface area (Å²) in [7, 11) is 0. The van der Waals surface area contributed by atoms with Gasteiger partial charge in [0.2, 0.25) is 5.96 Å². The Morgan fingerprint density at radius 3 is 2.00 bits per heavy atom. The second kappa shape index (κ2) is 13.6. The molecule has 0 spiro atoms. The van der Waals surface area contributed by atoms with Gasteiger partial charge in [-0.15, -0.1) is 15.2 Å². The summed E-state index contributed by atoms with van der Waals surface area (Å²) in [5.41, 5.74) is 9.62. The molecule has 0 fully saturated rings. The van der Waals surface area contributed by atoms with Crippen LogP contribution < -0.4 is 20.6 Å². The minimum Gasteiger partial charge on any atom is -0.504 e. The number of nitrogens with zero attached hydrogens (tertiary/aromatic N) is 4. The predicted octanol–water partition coefficient (Wildman–Crippen LogP) is 1.82. The number of aromatic hydroxyl groups is 2. The summed E-state index contributed by atoms with van der Waals surface area (Å²) in [6, 6.07) is 9.66. The van der Waals surface area contributed by atoms with Crippen molar-refractivity contribution in [1.82, 2.24) is 5.43 Å². The van der Waals surface area contributed by atoms with E-state index in [4.69, 9.17) is 30.5 Å². The lowest BCUT2D eigenvalue weighted by Gasteiger charge is -2.06. The maximum atomic E-state index is 9.67. The third-order valence-electron chi connectivity index (χ3n) is 3.33. The normalized spacial score (nSPS) is 11.1. The lowest BCUT2D eigenvalue weighted by molar-refractivity contribution is -0.742. The van der Waals surface area contributed by atoms with Crippen molar-refractivity contribution in [1.29, 1.82) is 0 Å². The fourth-order valence-electron chi connectivity index (χ4n) is 2.12. The minimum absolute atomic E-state index is 0.0138. The van der Waals surface area contributed by atoms with Gasteiger partial charge in [-0.05, 0) is 61.4 Å². The minimum atomic E-state index is -1.50. The van der Waals surface area contributed by atoms with E-state index in [2.05, 4.69) is 20.7 Å². The summed E-state index contributed by atoms with van der Waals surface area (Å²) in [5, 5.41) is 44.6. The molecule has 0 saturated heterocycles. The number of ether oxygens (including phenoxy) is 2. The van der Waals surface area contributed by atoms with Crippen LogP contribution in [0.15, 0.2) is 51.7 Å². The van der Waals surface area contributed by atoms with Crippen LogP contribution in [0.25, 0.3) is 0 Å². The molecular formula is C19H24N6O7. The third kappa shape index (κ3) is 9.78. The molecule has 13 nitrogen and oxygen atoms in total. The molecule has 0 unspecified atom stereocenters. The van der Waals surface area contributed by atoms with Gasteiger partial charge in [-0.1, -0.05) is 0 Å². The number of benzene rings is 2. The monoisotopic (exact) mass is 448 g/mol. The topological polar surface area (TPSA) is 197 Å². The second-order valence-corrected chi connectivity index (χ2v) is 5.66. The van der Waals surface area contributed by atoms with Gasteiger partial charge in [0.15, 0.2) is 23.0 Å². The molecule has 32 heavy (non-hydrogen) atoms. The first-order valence-electron chi connectivity index (χ1n) is 9.17. The number of rotatable bonds is 8. The molecule has 0 aliphatic heterocycles. The molecule has 0 radical (unpaired) electrons. The molecule has 172 valence electrons. The van der Waals surface area contributed by atoms with Crippen molar-refractivity contribution in [2.24, 2.45) is 21.0 Å². The Kier molecular flexibility index (Phi) is 10.9. The Hall–Kier alpha value is -4.55. The number of hydrazone groups is 1. The van der Waals surface area contributed by atoms with Gasteiger partial charge in [-0.25, -0.2) is 5.43 Å². The van der Waals surface area contributed by atoms with Crippen molar-refractivity contribution in [2.45, 2.75) is 13.8 Å². The summed E-state index contributed by atoms with van der Waals surface area (Å²) in [6.07, 6.45) is 2.97. The smallest absolute Gasteiger partial charge is 0.291 e. The first-order valence-corrected chi connectivity index (χ1v) is 9.17. The highest BCUT2D eigenvalue weighted by atomic mass is 16.9. The van der Waals surface area contributed by atoms with Crippen molar-refractivity contribution < 1.29 is 30.0 Å². The zero-order valence-corrected chi connectivity index (χ0v) is 17.4. The molecule has 0 aromatic heterocycles. The lowest BCUT2D eigenvalue weighted by Crippen LogP contribution is -2.26. The molecule has 0 amide bonds. The first kappa shape index (κ1) is 25.5. The largest absolute Gasteiger partial charge is 0.504 e. The Bertz CT molecular complexity index is 975. The molecule has 6 N–H and O–H groups in total. The van der Waals surface area contributed by atoms with E-state index in [1.807, 2.05) is 13.8 Å². The van der Waals surface area contributed by atoms with E-state index in [0.29, 0.717) is 35.8 Å². The maximum Gasteiger partial charge on any atom is 0.291 e. The van der Waals surface area contributed by atoms with Crippen LogP contribution in [0.2, 0.25) is 0 Å². The Morgan fingerprint density at radius 2 is 1.53 bits per heavy atom. The number of nitrogens with two attached hydrogens (primary N) is 1. The summed E-state index contributed by atoms with van der Waals surface area (Å²) in [6.45, 7) is 4.54. The molecule has 2 rings (SSSR count). The Labute approximate surface area is 183 Å². The summed E-state index contributed by atoms with van der Waals surface area (Å²) >= 11 is 0. The summed E-state index contributed by atoms with van der Waals surface area (Å²) < 4.78 is 10.6. The van der Waals surface area contributed by atoms with Gasteiger partial charge >= 0.3 is 0 Å². The Morgan fingerprint density at radius 1 is 1.06 bits per heavy atom. The number of guanidine groups is 1. The lowest BCUT2D eigenvalue weighted by atomic mass is 10.2. The van der Waals surface area contributed by atoms with E-state index in [1.165, 1.54) is 24.6 Å². The molecule has 0 saturated carbocycles. The highest BCUT2D eigenvalue weighted by Crippen LogP contribution is 2.26. The number of phenols is 2. The SMILES string of the molecule is CCOc1cc(/C=N\N=C(/N)N/N=C/c2ccc(O)c(OCC)c2)ccc1O.O=[N+]([O-])O. The number of phenolic OH excluding ortho intramolecular Hbond substituents is 2. The van der Waals surface area contributed by atoms with Crippen LogP contribution in [0.1, 0.15) is 25.0 Å². The van der Waals surface area contributed by atoms with Crippen LogP contribution in [0, 0.1) is 10.1 Å². The molecule has 0 bridgehead atoms. The molecule has 0 heterocycles. The Balaban J connectivity index is 0.00000118. The van der Waals surface area contributed by atoms with E-state index in [0.717, 1.165) is 0 Å². The summed E-state index contributed by atoms with van der Waals surface area (Å²) in [5.74, 6) is 0.841. The molecule has 0 atom stereocenters. The fraction of sp³-hybridized carbons (Fsp3) is 0.211. The van der Waals surface area contributed by atoms with Crippen LogP contribution in [-0.2, 0) is 0 Å². The fourth-order valence-corrected chi connectivity index (χ4v) is 2.12. The predicted molar refractivity (Wildman–Crippen MR) is 117 cm³/mol. The molecule has 2 aromatic carbocycles. The maximum absolute atomic E-state index is 9.67. The van der Waals surface area contributed by atoms with Crippen LogP contribution in [0.5, 0.6) is 23.0 Å². The van der Waals surface area contributed by atoms with E-state index < -0.39 is 5.09 Å². The third-order valence-corrected chi connectivity index (χ3v) is 3.33. The number of hydrogen-bond donors (Lipinski definition) is 5. The van der Waals surface area contributed by atoms with Gasteiger partial charge in [-0.2, -0.15) is 10.2 Å². The number of hydrogen-bond acceptors (Lipinski definition) is 9. The quantitative estimate of drug-likeness (QED) is 0.173. The van der Waals surface area contributed by atoms with Gasteiger partial charge in [0.05, 0.1) is 25.6 Å². The molecule has 0 aliphatic carbocycles. The molecular weight excluding hydrogens is 424 g/mol. The van der Waals surface area contributed by atoms with Crippen LogP contribution in [-0.4, -0.2) is 52.1 Å². The van der Waals surface area contributed by atoms with Gasteiger partial charge in [0.1, 0.15) is 0 Å². The molecule has 0 aliphatic rings. The van der Waals surface area contributed by atoms with Crippen molar-refractivity contribution in [3.8, 4) is 23.0 Å². The van der Waals surface area contributed by atoms with Gasteiger partial charge in [-0.3, -0.25) is 0 Å². The van der Waals surface area contributed by atoms with Gasteiger partial charge in [0, 0.05) is 0 Å². The highest BCUT2D eigenvalue weighted by molar-refractivity contribution is 5.85. The second-order valence-electron chi connectivity index (χ2n) is 5.66. The van der Waals surface area contributed by atoms with Crippen molar-refractivity contribution in [2.75, 3.05) is 13.2 Å². The van der Waals surface area contributed by atoms with E-state index in [1.54, 1.807) is 24.3 Å². The first-order chi connectivity index (χ1) is 15.3. The van der Waals surface area contributed by atoms with Crippen molar-refractivity contribution in [3.05, 3.63) is 57.6 Å². The highest BCUT2D eigenvalue weighted by Gasteiger charge is 2.03. The van der Waals surface area contributed by atoms with E-state index in [9.17, 15) is 10.2 Å². The standard InChI is InChI=1S/C19H23N5O4.HNO3/c1-3-27-17-9-13(5-7-15(17)25)11-21-23-19(20)24-22-12-14-6-8-16(26)18(10-14)28-4-2;2-1(3)4/h5-12,25-26H,3-4H2,1-2H3,(H3,20,23,24);(H,2,3,4)/b21-11-,22-12+;. The average Bonchev–Trinajstić information content (AvgIpc) is 2.72. The summed E-state index contributed by atoms with van der Waals surface area (Å²) in [4.78, 5) is 8.36. The number of nitrogens with one attached hydrogen (secondary N) is 1. The van der Waals surface area contributed by atoms with Crippen LogP contribution >= 0.6 is 0 Å². The van der Waals surface area contributed by atoms with E-state index >= 15 is 0 Å². The van der Waals surface area contributed by atoms with E-state index in [-0.39, 0.29) is 17.5 Å². The van der Waals surface area contributed by atoms with Crippen LogP contribution in [0.4, 0.5) is 0 Å². The van der Waals surface area contributed by atoms with Crippen LogP contribution in [0.3, 0.4) is 0 Å². The molecule has 2 aromatic rings. The zero-order chi connectivity index (χ0) is 23.9. The average molecular weight is 448 g/mol. The van der Waals surface area contributed by atoms with Gasteiger partial charge < -0.3 is 30.6 Å². The van der Waals surface area contributed by atoms with Crippen molar-refractivity contribution in [3.63, 3.8) is 0 Å². The van der Waals surface area contributed by atoms with Crippen molar-refractivity contribution >= 4 is 18.4 Å². The van der Waals surface area contributed by atoms with Gasteiger partial charge in [0.25, 0.3) is 5.09 Å². The molecule has 13 heteroatoms.